The third-order valence-electron chi connectivity index (χ3n) is 5.24. The van der Waals surface area contributed by atoms with Gasteiger partial charge in [0.1, 0.15) is 0 Å². The van der Waals surface area contributed by atoms with E-state index in [0.717, 1.165) is 29.2 Å². The van der Waals surface area contributed by atoms with Crippen LogP contribution in [0.3, 0.4) is 0 Å². The number of thioether (sulfide) groups is 1. The SMILES string of the molecule is COCCN(CCCc1ccccc1)C(=O)CCC(=O)N1CCSc2ccccc21. The van der Waals surface area contributed by atoms with Crippen LogP contribution in [0.2, 0.25) is 0 Å². The second-order valence-electron chi connectivity index (χ2n) is 7.32. The van der Waals surface area contributed by atoms with Crippen molar-refractivity contribution in [2.45, 2.75) is 30.6 Å². The molecule has 0 spiro atoms. The van der Waals surface area contributed by atoms with Crippen LogP contribution in [-0.4, -0.2) is 55.8 Å². The van der Waals surface area contributed by atoms with Gasteiger partial charge in [-0.05, 0) is 30.5 Å². The molecule has 30 heavy (non-hydrogen) atoms. The molecular formula is C24H30N2O3S. The lowest BCUT2D eigenvalue weighted by atomic mass is 10.1. The number of ether oxygens (including phenoxy) is 1. The molecule has 0 aliphatic carbocycles. The van der Waals surface area contributed by atoms with E-state index in [1.807, 2.05) is 52.3 Å². The summed E-state index contributed by atoms with van der Waals surface area (Å²) in [6.07, 6.45) is 2.29. The molecule has 5 nitrogen and oxygen atoms in total. The van der Waals surface area contributed by atoms with Crippen LogP contribution in [0.4, 0.5) is 5.69 Å². The number of amides is 2. The summed E-state index contributed by atoms with van der Waals surface area (Å²) in [5.41, 5.74) is 2.23. The maximum atomic E-state index is 12.8. The summed E-state index contributed by atoms with van der Waals surface area (Å²) in [5.74, 6) is 0.927. The van der Waals surface area contributed by atoms with E-state index in [4.69, 9.17) is 4.74 Å². The van der Waals surface area contributed by atoms with Crippen LogP contribution < -0.4 is 4.90 Å². The van der Waals surface area contributed by atoms with Crippen molar-refractivity contribution in [1.29, 1.82) is 0 Å². The summed E-state index contributed by atoms with van der Waals surface area (Å²) in [5, 5.41) is 0. The third-order valence-corrected chi connectivity index (χ3v) is 6.28. The Morgan fingerprint density at radius 1 is 1.03 bits per heavy atom. The first-order valence-corrected chi connectivity index (χ1v) is 11.5. The molecule has 0 bridgehead atoms. The first kappa shape index (κ1) is 22.4. The molecule has 1 aliphatic heterocycles. The fourth-order valence-corrected chi connectivity index (χ4v) is 4.61. The number of fused-ring (bicyclic) bond motifs is 1. The molecule has 0 N–H and O–H groups in total. The molecule has 0 fully saturated rings. The molecule has 0 aromatic heterocycles. The molecule has 3 rings (SSSR count). The van der Waals surface area contributed by atoms with Gasteiger partial charge in [0.25, 0.3) is 0 Å². The Bertz CT molecular complexity index is 828. The van der Waals surface area contributed by atoms with Gasteiger partial charge in [-0.15, -0.1) is 11.8 Å². The number of aryl methyl sites for hydroxylation is 1. The van der Waals surface area contributed by atoms with Crippen molar-refractivity contribution in [1.82, 2.24) is 4.90 Å². The highest BCUT2D eigenvalue weighted by Gasteiger charge is 2.23. The minimum Gasteiger partial charge on any atom is -0.383 e. The number of hydrogen-bond acceptors (Lipinski definition) is 4. The summed E-state index contributed by atoms with van der Waals surface area (Å²) in [6, 6.07) is 18.3. The minimum absolute atomic E-state index is 0.0204. The summed E-state index contributed by atoms with van der Waals surface area (Å²) in [6.45, 7) is 2.43. The maximum absolute atomic E-state index is 12.8. The third kappa shape index (κ3) is 6.34. The van der Waals surface area contributed by atoms with Gasteiger partial charge in [-0.2, -0.15) is 0 Å². The van der Waals surface area contributed by atoms with E-state index in [0.29, 0.717) is 26.2 Å². The lowest BCUT2D eigenvalue weighted by Gasteiger charge is -2.29. The normalized spacial score (nSPS) is 13.0. The molecule has 0 saturated carbocycles. The Hall–Kier alpha value is -2.31. The van der Waals surface area contributed by atoms with Crippen LogP contribution in [0.15, 0.2) is 59.5 Å². The molecule has 0 atom stereocenters. The van der Waals surface area contributed by atoms with Crippen LogP contribution in [0, 0.1) is 0 Å². The monoisotopic (exact) mass is 426 g/mol. The molecule has 1 heterocycles. The second-order valence-corrected chi connectivity index (χ2v) is 8.46. The summed E-state index contributed by atoms with van der Waals surface area (Å²) >= 11 is 1.77. The molecule has 1 aliphatic rings. The van der Waals surface area contributed by atoms with Gasteiger partial charge < -0.3 is 14.5 Å². The van der Waals surface area contributed by atoms with E-state index < -0.39 is 0 Å². The predicted molar refractivity (Wildman–Crippen MR) is 122 cm³/mol. The standard InChI is InChI=1S/C24H30N2O3S/c1-29-18-16-25(15-7-10-20-8-3-2-4-9-20)23(27)13-14-24(28)26-17-19-30-22-12-6-5-11-21(22)26/h2-6,8-9,11-12H,7,10,13-19H2,1H3. The molecule has 0 saturated heterocycles. The largest absolute Gasteiger partial charge is 0.383 e. The predicted octanol–water partition coefficient (Wildman–Crippen LogP) is 4.01. The molecule has 6 heteroatoms. The van der Waals surface area contributed by atoms with Crippen molar-refractivity contribution >= 4 is 29.3 Å². The number of rotatable bonds is 10. The number of para-hydroxylation sites is 1. The van der Waals surface area contributed by atoms with Crippen molar-refractivity contribution in [2.75, 3.05) is 44.0 Å². The number of carbonyl (C=O) groups is 2. The van der Waals surface area contributed by atoms with Gasteiger partial charge in [0.2, 0.25) is 11.8 Å². The van der Waals surface area contributed by atoms with Gasteiger partial charge in [0.15, 0.2) is 0 Å². The van der Waals surface area contributed by atoms with E-state index in [1.54, 1.807) is 18.9 Å². The Balaban J connectivity index is 1.51. The van der Waals surface area contributed by atoms with Crippen molar-refractivity contribution in [3.63, 3.8) is 0 Å². The highest BCUT2D eigenvalue weighted by molar-refractivity contribution is 7.99. The Morgan fingerprint density at radius 2 is 1.80 bits per heavy atom. The fraction of sp³-hybridized carbons (Fsp3) is 0.417. The summed E-state index contributed by atoms with van der Waals surface area (Å²) < 4.78 is 5.18. The van der Waals surface area contributed by atoms with Crippen LogP contribution >= 0.6 is 11.8 Å². The van der Waals surface area contributed by atoms with E-state index in [-0.39, 0.29) is 24.7 Å². The zero-order valence-corrected chi connectivity index (χ0v) is 18.4. The molecule has 0 unspecified atom stereocenters. The first-order chi connectivity index (χ1) is 14.7. The van der Waals surface area contributed by atoms with Crippen molar-refractivity contribution < 1.29 is 14.3 Å². The van der Waals surface area contributed by atoms with Gasteiger partial charge in [0, 0.05) is 50.2 Å². The maximum Gasteiger partial charge on any atom is 0.227 e. The number of anilines is 1. The number of carbonyl (C=O) groups excluding carboxylic acids is 2. The average Bonchev–Trinajstić information content (AvgIpc) is 2.79. The van der Waals surface area contributed by atoms with E-state index in [2.05, 4.69) is 12.1 Å². The lowest BCUT2D eigenvalue weighted by Crippen LogP contribution is -2.38. The number of benzene rings is 2. The Labute approximate surface area is 183 Å². The average molecular weight is 427 g/mol. The molecule has 2 aromatic rings. The highest BCUT2D eigenvalue weighted by atomic mass is 32.2. The lowest BCUT2D eigenvalue weighted by molar-refractivity contribution is -0.133. The number of nitrogens with zero attached hydrogens (tertiary/aromatic N) is 2. The van der Waals surface area contributed by atoms with Gasteiger partial charge in [-0.1, -0.05) is 42.5 Å². The van der Waals surface area contributed by atoms with Gasteiger partial charge in [0.05, 0.1) is 12.3 Å². The Kier molecular flexibility index (Phi) is 8.78. The molecule has 2 amide bonds. The quantitative estimate of drug-likeness (QED) is 0.576. The van der Waals surface area contributed by atoms with Crippen molar-refractivity contribution in [3.8, 4) is 0 Å². The number of hydrogen-bond donors (Lipinski definition) is 0. The van der Waals surface area contributed by atoms with Crippen molar-refractivity contribution in [2.24, 2.45) is 0 Å². The van der Waals surface area contributed by atoms with E-state index in [1.165, 1.54) is 5.56 Å². The summed E-state index contributed by atoms with van der Waals surface area (Å²) in [7, 11) is 1.64. The van der Waals surface area contributed by atoms with Crippen LogP contribution in [0.1, 0.15) is 24.8 Å². The number of methoxy groups -OCH3 is 1. The molecule has 0 radical (unpaired) electrons. The molecular weight excluding hydrogens is 396 g/mol. The van der Waals surface area contributed by atoms with E-state index in [9.17, 15) is 9.59 Å². The van der Waals surface area contributed by atoms with Crippen molar-refractivity contribution in [3.05, 3.63) is 60.2 Å². The molecule has 160 valence electrons. The van der Waals surface area contributed by atoms with Crippen LogP contribution in [0.5, 0.6) is 0 Å². The Morgan fingerprint density at radius 3 is 2.60 bits per heavy atom. The topological polar surface area (TPSA) is 49.9 Å². The molecule has 2 aromatic carbocycles. The minimum atomic E-state index is 0.0204. The smallest absolute Gasteiger partial charge is 0.227 e. The summed E-state index contributed by atoms with van der Waals surface area (Å²) in [4.78, 5) is 30.4. The van der Waals surface area contributed by atoms with Gasteiger partial charge in [-0.3, -0.25) is 9.59 Å². The van der Waals surface area contributed by atoms with Crippen LogP contribution in [0.25, 0.3) is 0 Å². The fourth-order valence-electron chi connectivity index (χ4n) is 3.62. The second kappa shape index (κ2) is 11.8. The van der Waals surface area contributed by atoms with Gasteiger partial charge >= 0.3 is 0 Å². The zero-order valence-electron chi connectivity index (χ0n) is 17.6. The highest BCUT2D eigenvalue weighted by Crippen LogP contribution is 2.34. The zero-order chi connectivity index (χ0) is 21.2. The van der Waals surface area contributed by atoms with Gasteiger partial charge in [-0.25, -0.2) is 0 Å². The van der Waals surface area contributed by atoms with Crippen LogP contribution in [-0.2, 0) is 20.7 Å². The van der Waals surface area contributed by atoms with E-state index >= 15 is 0 Å². The first-order valence-electron chi connectivity index (χ1n) is 10.5.